The molecule has 3 rings (SSSR count). The Morgan fingerprint density at radius 2 is 2.00 bits per heavy atom. The summed E-state index contributed by atoms with van der Waals surface area (Å²) in [5.41, 5.74) is 1.27. The number of halogens is 2. The van der Waals surface area contributed by atoms with E-state index in [9.17, 15) is 0 Å². The highest BCUT2D eigenvalue weighted by molar-refractivity contribution is 6.35. The molecule has 3 aromatic heterocycles. The first-order chi connectivity index (χ1) is 10.2. The number of pyridine rings is 2. The zero-order chi connectivity index (χ0) is 14.8. The maximum atomic E-state index is 8.73. The molecule has 3 heterocycles. The van der Waals surface area contributed by atoms with E-state index in [0.29, 0.717) is 27.0 Å². The van der Waals surface area contributed by atoms with Crippen molar-refractivity contribution < 1.29 is 4.52 Å². The summed E-state index contributed by atoms with van der Waals surface area (Å²) in [7, 11) is 0. The fraction of sp³-hybridized carbons (Fsp3) is 0. The van der Waals surface area contributed by atoms with Crippen LogP contribution in [0.15, 0.2) is 35.1 Å². The Kier molecular flexibility index (Phi) is 3.52. The molecule has 0 unspecified atom stereocenters. The minimum atomic E-state index is 0.210. The molecule has 0 aliphatic rings. The average Bonchev–Trinajstić information content (AvgIpc) is 2.97. The van der Waals surface area contributed by atoms with Gasteiger partial charge in [-0.05, 0) is 18.2 Å². The highest BCUT2D eigenvalue weighted by Crippen LogP contribution is 2.27. The highest BCUT2D eigenvalue weighted by atomic mass is 35.5. The fourth-order valence-corrected chi connectivity index (χ4v) is 2.05. The lowest BCUT2D eigenvalue weighted by molar-refractivity contribution is 0.431. The van der Waals surface area contributed by atoms with Crippen LogP contribution in [0, 0.1) is 11.3 Å². The number of hydrogen-bond donors (Lipinski definition) is 0. The van der Waals surface area contributed by atoms with E-state index in [0.717, 1.165) is 0 Å². The third-order valence-corrected chi connectivity index (χ3v) is 3.05. The van der Waals surface area contributed by atoms with Crippen molar-refractivity contribution in [3.8, 4) is 29.2 Å². The van der Waals surface area contributed by atoms with Crippen LogP contribution in [-0.2, 0) is 0 Å². The van der Waals surface area contributed by atoms with Gasteiger partial charge in [-0.1, -0.05) is 28.4 Å². The predicted molar refractivity (Wildman–Crippen MR) is 75.5 cm³/mol. The standard InChI is InChI=1S/C13H5Cl2N5O/c14-8-3-9(15)11(18-6-8)12-19-13(21-20-12)10-2-1-7(4-16)5-17-10/h1-3,5-6H. The number of rotatable bonds is 2. The summed E-state index contributed by atoms with van der Waals surface area (Å²) in [5.74, 6) is 0.445. The van der Waals surface area contributed by atoms with E-state index in [1.807, 2.05) is 6.07 Å². The molecule has 0 aliphatic heterocycles. The van der Waals surface area contributed by atoms with Crippen molar-refractivity contribution in [1.29, 1.82) is 5.26 Å². The predicted octanol–water partition coefficient (Wildman–Crippen LogP) is 3.37. The Morgan fingerprint density at radius 1 is 1.14 bits per heavy atom. The zero-order valence-corrected chi connectivity index (χ0v) is 11.8. The van der Waals surface area contributed by atoms with E-state index in [1.54, 1.807) is 18.2 Å². The number of nitrogens with zero attached hydrogens (tertiary/aromatic N) is 5. The molecule has 0 aromatic carbocycles. The van der Waals surface area contributed by atoms with Crippen molar-refractivity contribution in [3.05, 3.63) is 46.2 Å². The SMILES string of the molecule is N#Cc1ccc(-c2nc(-c3ncc(Cl)cc3Cl)no2)nc1. The molecule has 3 aromatic rings. The van der Waals surface area contributed by atoms with Crippen LogP contribution in [0.3, 0.4) is 0 Å². The molecule has 8 heteroatoms. The van der Waals surface area contributed by atoms with Gasteiger partial charge in [0.1, 0.15) is 17.5 Å². The molecule has 0 amide bonds. The van der Waals surface area contributed by atoms with Crippen LogP contribution in [0.2, 0.25) is 10.0 Å². The zero-order valence-electron chi connectivity index (χ0n) is 10.3. The van der Waals surface area contributed by atoms with Crippen molar-refractivity contribution >= 4 is 23.2 Å². The van der Waals surface area contributed by atoms with Gasteiger partial charge in [-0.2, -0.15) is 10.2 Å². The molecule has 0 atom stereocenters. The molecule has 0 fully saturated rings. The topological polar surface area (TPSA) is 88.5 Å². The first-order valence-corrected chi connectivity index (χ1v) is 6.44. The van der Waals surface area contributed by atoms with E-state index in [4.69, 9.17) is 33.0 Å². The minimum Gasteiger partial charge on any atom is -0.332 e. The normalized spacial score (nSPS) is 10.3. The fourth-order valence-electron chi connectivity index (χ4n) is 1.59. The summed E-state index contributed by atoms with van der Waals surface area (Å²) in [6, 6.07) is 6.75. The van der Waals surface area contributed by atoms with Crippen LogP contribution in [0.4, 0.5) is 0 Å². The van der Waals surface area contributed by atoms with Gasteiger partial charge in [-0.3, -0.25) is 0 Å². The highest BCUT2D eigenvalue weighted by Gasteiger charge is 2.15. The number of nitriles is 1. The second kappa shape index (κ2) is 5.48. The molecule has 6 nitrogen and oxygen atoms in total. The molecule has 0 radical (unpaired) electrons. The van der Waals surface area contributed by atoms with Gasteiger partial charge in [-0.25, -0.2) is 9.97 Å². The van der Waals surface area contributed by atoms with Crippen molar-refractivity contribution in [1.82, 2.24) is 20.1 Å². The van der Waals surface area contributed by atoms with Crippen LogP contribution < -0.4 is 0 Å². The van der Waals surface area contributed by atoms with Gasteiger partial charge in [0.2, 0.25) is 5.82 Å². The van der Waals surface area contributed by atoms with Crippen LogP contribution in [0.5, 0.6) is 0 Å². The Bertz CT molecular complexity index is 839. The summed E-state index contributed by atoms with van der Waals surface area (Å²) in [4.78, 5) is 12.3. The molecule has 0 saturated heterocycles. The number of aromatic nitrogens is 4. The van der Waals surface area contributed by atoms with E-state index in [1.165, 1.54) is 12.4 Å². The molecule has 0 spiro atoms. The lowest BCUT2D eigenvalue weighted by Crippen LogP contribution is -1.88. The molecule has 0 saturated carbocycles. The molecular weight excluding hydrogens is 313 g/mol. The third-order valence-electron chi connectivity index (χ3n) is 2.56. The van der Waals surface area contributed by atoms with Crippen molar-refractivity contribution in [2.45, 2.75) is 0 Å². The Morgan fingerprint density at radius 3 is 2.67 bits per heavy atom. The van der Waals surface area contributed by atoms with E-state index < -0.39 is 0 Å². The lowest BCUT2D eigenvalue weighted by atomic mass is 10.2. The van der Waals surface area contributed by atoms with Crippen LogP contribution in [0.25, 0.3) is 23.1 Å². The van der Waals surface area contributed by atoms with Gasteiger partial charge < -0.3 is 4.52 Å². The summed E-state index contributed by atoms with van der Waals surface area (Å²) in [6.07, 6.45) is 2.87. The molecule has 102 valence electrons. The Hall–Kier alpha value is -2.49. The first kappa shape index (κ1) is 13.5. The smallest absolute Gasteiger partial charge is 0.276 e. The van der Waals surface area contributed by atoms with E-state index in [-0.39, 0.29) is 11.7 Å². The van der Waals surface area contributed by atoms with Crippen LogP contribution >= 0.6 is 23.2 Å². The first-order valence-electron chi connectivity index (χ1n) is 5.69. The molecule has 0 aliphatic carbocycles. The van der Waals surface area contributed by atoms with E-state index >= 15 is 0 Å². The van der Waals surface area contributed by atoms with Gasteiger partial charge >= 0.3 is 0 Å². The Labute approximate surface area is 129 Å². The van der Waals surface area contributed by atoms with Crippen molar-refractivity contribution in [2.24, 2.45) is 0 Å². The average molecular weight is 318 g/mol. The Balaban J connectivity index is 1.97. The van der Waals surface area contributed by atoms with E-state index in [2.05, 4.69) is 20.1 Å². The summed E-state index contributed by atoms with van der Waals surface area (Å²) in [5, 5.41) is 13.3. The molecular formula is C13H5Cl2N5O. The summed E-state index contributed by atoms with van der Waals surface area (Å²) in [6.45, 7) is 0. The van der Waals surface area contributed by atoms with Gasteiger partial charge in [0, 0.05) is 12.4 Å². The largest absolute Gasteiger partial charge is 0.332 e. The number of hydrogen-bond acceptors (Lipinski definition) is 6. The monoisotopic (exact) mass is 317 g/mol. The quantitative estimate of drug-likeness (QED) is 0.720. The molecule has 21 heavy (non-hydrogen) atoms. The summed E-state index contributed by atoms with van der Waals surface area (Å²) < 4.78 is 5.13. The van der Waals surface area contributed by atoms with Gasteiger partial charge in [0.25, 0.3) is 5.89 Å². The maximum Gasteiger partial charge on any atom is 0.276 e. The molecule has 0 bridgehead atoms. The third kappa shape index (κ3) is 2.70. The minimum absolute atomic E-state index is 0.210. The second-order valence-corrected chi connectivity index (χ2v) is 4.79. The van der Waals surface area contributed by atoms with Gasteiger partial charge in [0.05, 0.1) is 15.6 Å². The maximum absolute atomic E-state index is 8.73. The van der Waals surface area contributed by atoms with Crippen molar-refractivity contribution in [2.75, 3.05) is 0 Å². The van der Waals surface area contributed by atoms with Crippen LogP contribution in [0.1, 0.15) is 5.56 Å². The van der Waals surface area contributed by atoms with Crippen LogP contribution in [-0.4, -0.2) is 20.1 Å². The van der Waals surface area contributed by atoms with Crippen molar-refractivity contribution in [3.63, 3.8) is 0 Å². The molecule has 0 N–H and O–H groups in total. The lowest BCUT2D eigenvalue weighted by Gasteiger charge is -1.97. The van der Waals surface area contributed by atoms with Gasteiger partial charge in [0.15, 0.2) is 0 Å². The summed E-state index contributed by atoms with van der Waals surface area (Å²) >= 11 is 11.8. The van der Waals surface area contributed by atoms with Gasteiger partial charge in [-0.15, -0.1) is 0 Å². The second-order valence-electron chi connectivity index (χ2n) is 3.95.